The van der Waals surface area contributed by atoms with Crippen LogP contribution in [0.5, 0.6) is 5.75 Å². The van der Waals surface area contributed by atoms with Crippen molar-refractivity contribution in [2.24, 2.45) is 0 Å². The Bertz CT molecular complexity index is 951. The van der Waals surface area contributed by atoms with Crippen molar-refractivity contribution < 1.29 is 34.7 Å². The van der Waals surface area contributed by atoms with E-state index >= 15 is 0 Å². The normalized spacial score (nSPS) is 28.5. The molecule has 0 bridgehead atoms. The van der Waals surface area contributed by atoms with Crippen molar-refractivity contribution in [2.45, 2.75) is 35.4 Å². The molecular weight excluding hydrogens is 432 g/mol. The Morgan fingerprint density at radius 2 is 1.90 bits per heavy atom. The number of ether oxygens (including phenoxy) is 2. The van der Waals surface area contributed by atoms with Crippen LogP contribution in [-0.4, -0.2) is 69.6 Å². The second-order valence-corrected chi connectivity index (χ2v) is 8.72. The summed E-state index contributed by atoms with van der Waals surface area (Å²) in [5, 5.41) is 40.0. The number of aliphatic hydroxyl groups is 4. The van der Waals surface area contributed by atoms with Gasteiger partial charge in [-0.2, -0.15) is 0 Å². The number of thioether (sulfide) groups is 1. The fourth-order valence-corrected chi connectivity index (χ4v) is 4.68. The monoisotopic (exact) mass is 452 g/mol. The van der Waals surface area contributed by atoms with Crippen LogP contribution in [0, 0.1) is 0 Å². The van der Waals surface area contributed by atoms with Gasteiger partial charge in [0, 0.05) is 16.9 Å². The summed E-state index contributed by atoms with van der Waals surface area (Å²) in [6, 6.07) is 9.77. The van der Waals surface area contributed by atoms with Crippen LogP contribution in [0.3, 0.4) is 0 Å². The first kappa shape index (κ1) is 21.6. The van der Waals surface area contributed by atoms with Crippen LogP contribution in [0.2, 0.25) is 5.02 Å². The fourth-order valence-electron chi connectivity index (χ4n) is 3.61. The van der Waals surface area contributed by atoms with E-state index in [4.69, 9.17) is 21.1 Å². The predicted octanol–water partition coefficient (Wildman–Crippen LogP) is 1.57. The van der Waals surface area contributed by atoms with Crippen LogP contribution < -0.4 is 4.74 Å². The summed E-state index contributed by atoms with van der Waals surface area (Å²) in [5.74, 6) is 1.24. The summed E-state index contributed by atoms with van der Waals surface area (Å²) in [6.07, 6.45) is -6.49. The SMILES string of the molecule is O=C(c1ccc2c(c1)SCCO2)c1cc([C@@H]2O[C@H](CO)[C@@H](O)[C@H](O)[C@H]2O)ccc1Cl. The van der Waals surface area contributed by atoms with E-state index in [1.165, 1.54) is 12.1 Å². The summed E-state index contributed by atoms with van der Waals surface area (Å²) in [7, 11) is 0. The van der Waals surface area contributed by atoms with Gasteiger partial charge in [0.15, 0.2) is 5.78 Å². The van der Waals surface area contributed by atoms with Crippen LogP contribution in [0.4, 0.5) is 0 Å². The molecule has 30 heavy (non-hydrogen) atoms. The molecule has 0 amide bonds. The molecule has 2 aromatic carbocycles. The van der Waals surface area contributed by atoms with E-state index in [0.717, 1.165) is 16.4 Å². The van der Waals surface area contributed by atoms with Gasteiger partial charge in [-0.05, 0) is 35.9 Å². The van der Waals surface area contributed by atoms with Crippen molar-refractivity contribution in [3.05, 3.63) is 58.1 Å². The van der Waals surface area contributed by atoms with Gasteiger partial charge in [0.2, 0.25) is 0 Å². The van der Waals surface area contributed by atoms with E-state index in [9.17, 15) is 25.2 Å². The van der Waals surface area contributed by atoms with Crippen LogP contribution in [0.15, 0.2) is 41.3 Å². The number of fused-ring (bicyclic) bond motifs is 1. The van der Waals surface area contributed by atoms with Crippen LogP contribution in [-0.2, 0) is 4.74 Å². The number of ketones is 1. The molecule has 0 aliphatic carbocycles. The first-order chi connectivity index (χ1) is 14.4. The van der Waals surface area contributed by atoms with Crippen molar-refractivity contribution >= 4 is 29.1 Å². The van der Waals surface area contributed by atoms with Gasteiger partial charge in [0.05, 0.1) is 23.1 Å². The van der Waals surface area contributed by atoms with E-state index in [2.05, 4.69) is 0 Å². The maximum absolute atomic E-state index is 13.1. The lowest BCUT2D eigenvalue weighted by atomic mass is 9.90. The van der Waals surface area contributed by atoms with Gasteiger partial charge in [-0.3, -0.25) is 4.79 Å². The predicted molar refractivity (Wildman–Crippen MR) is 110 cm³/mol. The summed E-state index contributed by atoms with van der Waals surface area (Å²) in [4.78, 5) is 14.0. The average Bonchev–Trinajstić information content (AvgIpc) is 2.77. The quantitative estimate of drug-likeness (QED) is 0.516. The molecule has 160 valence electrons. The molecule has 9 heteroatoms. The lowest BCUT2D eigenvalue weighted by Gasteiger charge is -2.40. The number of carbonyl (C=O) groups is 1. The second kappa shape index (κ2) is 8.84. The topological polar surface area (TPSA) is 116 Å². The molecule has 4 rings (SSSR count). The zero-order valence-corrected chi connectivity index (χ0v) is 17.3. The van der Waals surface area contributed by atoms with Gasteiger partial charge in [-0.1, -0.05) is 17.7 Å². The Morgan fingerprint density at radius 1 is 1.10 bits per heavy atom. The van der Waals surface area contributed by atoms with E-state index in [-0.39, 0.29) is 16.4 Å². The molecule has 2 aliphatic rings. The van der Waals surface area contributed by atoms with E-state index < -0.39 is 37.1 Å². The van der Waals surface area contributed by atoms with Gasteiger partial charge < -0.3 is 29.9 Å². The highest BCUT2D eigenvalue weighted by atomic mass is 35.5. The van der Waals surface area contributed by atoms with Crippen molar-refractivity contribution in [3.8, 4) is 5.75 Å². The van der Waals surface area contributed by atoms with Crippen LogP contribution in [0.1, 0.15) is 27.6 Å². The molecule has 2 aromatic rings. The molecule has 0 unspecified atom stereocenters. The Balaban J connectivity index is 1.66. The van der Waals surface area contributed by atoms with Gasteiger partial charge in [0.25, 0.3) is 0 Å². The number of rotatable bonds is 4. The van der Waals surface area contributed by atoms with Crippen molar-refractivity contribution in [2.75, 3.05) is 19.0 Å². The molecule has 7 nitrogen and oxygen atoms in total. The Kier molecular flexibility index (Phi) is 6.36. The number of halogens is 1. The lowest BCUT2D eigenvalue weighted by molar-refractivity contribution is -0.231. The highest BCUT2D eigenvalue weighted by Crippen LogP contribution is 2.36. The van der Waals surface area contributed by atoms with Crippen molar-refractivity contribution in [3.63, 3.8) is 0 Å². The van der Waals surface area contributed by atoms with E-state index in [0.29, 0.717) is 17.7 Å². The molecule has 0 radical (unpaired) electrons. The molecule has 2 aliphatic heterocycles. The maximum atomic E-state index is 13.1. The van der Waals surface area contributed by atoms with Crippen molar-refractivity contribution in [1.29, 1.82) is 0 Å². The number of hydrogen-bond donors (Lipinski definition) is 4. The van der Waals surface area contributed by atoms with E-state index in [1.54, 1.807) is 36.0 Å². The maximum Gasteiger partial charge on any atom is 0.194 e. The first-order valence-corrected chi connectivity index (χ1v) is 10.8. The van der Waals surface area contributed by atoms with Crippen LogP contribution >= 0.6 is 23.4 Å². The number of aliphatic hydroxyl groups excluding tert-OH is 4. The third kappa shape index (κ3) is 3.97. The smallest absolute Gasteiger partial charge is 0.194 e. The Labute approximate surface area is 182 Å². The molecule has 0 saturated carbocycles. The third-order valence-corrected chi connectivity index (χ3v) is 6.59. The number of benzene rings is 2. The molecule has 1 saturated heterocycles. The van der Waals surface area contributed by atoms with E-state index in [1.807, 2.05) is 0 Å². The third-order valence-electron chi connectivity index (χ3n) is 5.26. The molecule has 0 spiro atoms. The summed E-state index contributed by atoms with van der Waals surface area (Å²) >= 11 is 7.89. The minimum Gasteiger partial charge on any atom is -0.492 e. The molecular formula is C21H21ClO7S. The Hall–Kier alpha value is -1.65. The number of carbonyl (C=O) groups excluding carboxylic acids is 1. The highest BCUT2D eigenvalue weighted by molar-refractivity contribution is 7.99. The second-order valence-electron chi connectivity index (χ2n) is 7.18. The summed E-state index contributed by atoms with van der Waals surface area (Å²) in [6.45, 7) is 0.0909. The molecule has 2 heterocycles. The minimum absolute atomic E-state index is 0.216. The Morgan fingerprint density at radius 3 is 2.67 bits per heavy atom. The largest absolute Gasteiger partial charge is 0.492 e. The molecule has 1 fully saturated rings. The van der Waals surface area contributed by atoms with Gasteiger partial charge in [0.1, 0.15) is 36.3 Å². The average molecular weight is 453 g/mol. The zero-order valence-electron chi connectivity index (χ0n) is 15.8. The molecule has 5 atom stereocenters. The minimum atomic E-state index is -1.51. The summed E-state index contributed by atoms with van der Waals surface area (Å²) in [5.41, 5.74) is 1.06. The van der Waals surface area contributed by atoms with Gasteiger partial charge in [-0.25, -0.2) is 0 Å². The lowest BCUT2D eigenvalue weighted by Crippen LogP contribution is -2.55. The molecule has 0 aromatic heterocycles. The summed E-state index contributed by atoms with van der Waals surface area (Å²) < 4.78 is 11.2. The van der Waals surface area contributed by atoms with Gasteiger partial charge >= 0.3 is 0 Å². The van der Waals surface area contributed by atoms with Crippen LogP contribution in [0.25, 0.3) is 0 Å². The van der Waals surface area contributed by atoms with Gasteiger partial charge in [-0.15, -0.1) is 11.8 Å². The first-order valence-electron chi connectivity index (χ1n) is 9.45. The standard InChI is InChI=1S/C21H21ClO7S/c22-13-3-1-11(21-20(27)19(26)18(25)15(9-23)29-21)7-12(13)17(24)10-2-4-14-16(8-10)30-6-5-28-14/h1-4,7-8,15,18-21,23,25-27H,5-6,9H2/t15-,18-,19+,20-,21+/m1/s1. The fraction of sp³-hybridized carbons (Fsp3) is 0.381. The number of hydrogen-bond acceptors (Lipinski definition) is 8. The zero-order chi connectivity index (χ0) is 21.4. The molecule has 4 N–H and O–H groups in total. The highest BCUT2D eigenvalue weighted by Gasteiger charge is 2.44. The van der Waals surface area contributed by atoms with Crippen molar-refractivity contribution in [1.82, 2.24) is 0 Å².